The summed E-state index contributed by atoms with van der Waals surface area (Å²) in [6.45, 7) is 5.36. The van der Waals surface area contributed by atoms with Gasteiger partial charge < -0.3 is 9.30 Å². The molecule has 0 saturated carbocycles. The Kier molecular flexibility index (Phi) is 5.68. The number of carbonyl (C=O) groups excluding carboxylic acids is 1. The first-order chi connectivity index (χ1) is 17.6. The van der Waals surface area contributed by atoms with Crippen molar-refractivity contribution in [3.8, 4) is 16.9 Å². The maximum atomic E-state index is 14.0. The van der Waals surface area contributed by atoms with Crippen molar-refractivity contribution in [1.82, 2.24) is 14.2 Å². The van der Waals surface area contributed by atoms with Crippen molar-refractivity contribution in [2.45, 2.75) is 46.3 Å². The van der Waals surface area contributed by atoms with Gasteiger partial charge >= 0.3 is 0 Å². The zero-order valence-electron chi connectivity index (χ0n) is 20.7. The van der Waals surface area contributed by atoms with E-state index in [-0.39, 0.29) is 5.78 Å². The van der Waals surface area contributed by atoms with Gasteiger partial charge in [-0.2, -0.15) is 0 Å². The van der Waals surface area contributed by atoms with Crippen LogP contribution in [0, 0.1) is 13.8 Å². The number of nitrogens with zero attached hydrogens (tertiary/aromatic N) is 3. The van der Waals surface area contributed by atoms with Crippen molar-refractivity contribution in [2.75, 3.05) is 0 Å². The lowest BCUT2D eigenvalue weighted by atomic mass is 9.95. The van der Waals surface area contributed by atoms with Crippen LogP contribution in [0.2, 0.25) is 0 Å². The number of ether oxygens (including phenoxy) is 1. The molecular weight excluding hydrogens is 446 g/mol. The number of aryl methyl sites for hydroxylation is 4. The van der Waals surface area contributed by atoms with Crippen molar-refractivity contribution in [3.05, 3.63) is 113 Å². The van der Waals surface area contributed by atoms with Crippen LogP contribution in [0.15, 0.2) is 78.9 Å². The molecule has 0 radical (unpaired) electrons. The summed E-state index contributed by atoms with van der Waals surface area (Å²) in [7, 11) is 0. The van der Waals surface area contributed by atoms with E-state index in [4.69, 9.17) is 9.84 Å². The molecule has 5 heteroatoms. The number of hydrogen-bond acceptors (Lipinski definition) is 3. The average Bonchev–Trinajstić information content (AvgIpc) is 3.29. The molecule has 5 nitrogen and oxygen atoms in total. The maximum Gasteiger partial charge on any atom is 0.212 e. The van der Waals surface area contributed by atoms with Gasteiger partial charge in [-0.3, -0.25) is 4.79 Å². The van der Waals surface area contributed by atoms with Crippen LogP contribution in [0.1, 0.15) is 51.4 Å². The Balaban J connectivity index is 1.53. The minimum Gasteiger partial charge on any atom is -0.486 e. The van der Waals surface area contributed by atoms with Gasteiger partial charge in [-0.1, -0.05) is 66.7 Å². The number of rotatable bonds is 6. The summed E-state index contributed by atoms with van der Waals surface area (Å²) in [6.07, 6.45) is 3.05. The van der Waals surface area contributed by atoms with E-state index in [1.165, 1.54) is 16.7 Å². The van der Waals surface area contributed by atoms with Crippen LogP contribution in [0.4, 0.5) is 0 Å². The van der Waals surface area contributed by atoms with Crippen molar-refractivity contribution < 1.29 is 9.53 Å². The van der Waals surface area contributed by atoms with Crippen molar-refractivity contribution in [2.24, 2.45) is 0 Å². The first-order valence-corrected chi connectivity index (χ1v) is 12.6. The lowest BCUT2D eigenvalue weighted by Crippen LogP contribution is -2.09. The molecule has 0 fully saturated rings. The molecule has 36 heavy (non-hydrogen) atoms. The number of aromatic nitrogens is 3. The summed E-state index contributed by atoms with van der Waals surface area (Å²) < 4.78 is 10.4. The molecule has 5 aromatic rings. The highest BCUT2D eigenvalue weighted by molar-refractivity contribution is 6.13. The van der Waals surface area contributed by atoms with Crippen LogP contribution in [0.25, 0.3) is 16.8 Å². The Bertz CT molecular complexity index is 1540. The predicted octanol–water partition coefficient (Wildman–Crippen LogP) is 6.57. The Hall–Kier alpha value is -4.12. The van der Waals surface area contributed by atoms with Crippen LogP contribution < -0.4 is 4.74 Å². The van der Waals surface area contributed by atoms with Gasteiger partial charge in [0.25, 0.3) is 0 Å². The molecule has 0 amide bonds. The average molecular weight is 476 g/mol. The third kappa shape index (κ3) is 3.91. The molecule has 180 valence electrons. The summed E-state index contributed by atoms with van der Waals surface area (Å²) >= 11 is 0. The standard InChI is InChI=1S/C31H29N3O2/c1-21-17-22(2)19-25(18-21)36-20-27-32-34-29(30(35)24-13-7-4-8-14-24)28(23-11-5-3-6-12-23)26-15-9-10-16-33(27)31(26)34/h3-8,11-14,17-19H,9-10,15-16,20H2,1-2H3. The van der Waals surface area contributed by atoms with Gasteiger partial charge in [-0.25, -0.2) is 4.52 Å². The first kappa shape index (κ1) is 22.4. The molecule has 3 aromatic carbocycles. The Labute approximate surface area is 211 Å². The zero-order chi connectivity index (χ0) is 24.6. The predicted molar refractivity (Wildman–Crippen MR) is 142 cm³/mol. The zero-order valence-corrected chi connectivity index (χ0v) is 20.7. The quantitative estimate of drug-likeness (QED) is 0.261. The van der Waals surface area contributed by atoms with E-state index >= 15 is 0 Å². The molecule has 0 spiro atoms. The van der Waals surface area contributed by atoms with E-state index in [1.54, 1.807) is 0 Å². The molecule has 0 aliphatic carbocycles. The molecule has 1 aliphatic heterocycles. The molecule has 0 unspecified atom stereocenters. The minimum atomic E-state index is -0.0114. The summed E-state index contributed by atoms with van der Waals surface area (Å²) in [5.41, 5.74) is 7.91. The number of ketones is 1. The molecule has 2 aromatic heterocycles. The highest BCUT2D eigenvalue weighted by Crippen LogP contribution is 2.37. The fraction of sp³-hybridized carbons (Fsp3) is 0.226. The van der Waals surface area contributed by atoms with E-state index in [9.17, 15) is 4.79 Å². The molecule has 0 saturated heterocycles. The third-order valence-corrected chi connectivity index (χ3v) is 6.94. The smallest absolute Gasteiger partial charge is 0.212 e. The van der Waals surface area contributed by atoms with Gasteiger partial charge in [-0.15, -0.1) is 5.10 Å². The highest BCUT2D eigenvalue weighted by atomic mass is 16.5. The summed E-state index contributed by atoms with van der Waals surface area (Å²) in [5, 5.41) is 5.01. The highest BCUT2D eigenvalue weighted by Gasteiger charge is 2.30. The second kappa shape index (κ2) is 9.15. The van der Waals surface area contributed by atoms with Gasteiger partial charge in [-0.05, 0) is 61.9 Å². The summed E-state index contributed by atoms with van der Waals surface area (Å²) in [4.78, 5) is 14.0. The van der Waals surface area contributed by atoms with Crippen molar-refractivity contribution >= 4 is 11.4 Å². The monoisotopic (exact) mass is 475 g/mol. The number of benzene rings is 3. The maximum absolute atomic E-state index is 14.0. The van der Waals surface area contributed by atoms with Crippen LogP contribution in [-0.4, -0.2) is 20.0 Å². The fourth-order valence-electron chi connectivity index (χ4n) is 5.43. The van der Waals surface area contributed by atoms with Crippen LogP contribution in [0.5, 0.6) is 5.75 Å². The third-order valence-electron chi connectivity index (χ3n) is 6.94. The van der Waals surface area contributed by atoms with E-state index in [1.807, 2.05) is 53.0 Å². The second-order valence-corrected chi connectivity index (χ2v) is 9.64. The van der Waals surface area contributed by atoms with Crippen LogP contribution >= 0.6 is 0 Å². The molecule has 0 bridgehead atoms. The topological polar surface area (TPSA) is 48.5 Å². The lowest BCUT2D eigenvalue weighted by Gasteiger charge is -2.10. The van der Waals surface area contributed by atoms with Crippen LogP contribution in [0.3, 0.4) is 0 Å². The van der Waals surface area contributed by atoms with Crippen LogP contribution in [-0.2, 0) is 19.6 Å². The molecule has 0 N–H and O–H groups in total. The lowest BCUT2D eigenvalue weighted by molar-refractivity contribution is 0.103. The van der Waals surface area contributed by atoms with Gasteiger partial charge in [0, 0.05) is 23.2 Å². The minimum absolute atomic E-state index is 0.0114. The SMILES string of the molecule is Cc1cc(C)cc(OCc2nn3c(C(=O)c4ccccc4)c(-c4ccccc4)c4c3n2CCCC4)c1. The van der Waals surface area contributed by atoms with Gasteiger partial charge in [0.15, 0.2) is 5.82 Å². The van der Waals surface area contributed by atoms with E-state index in [0.717, 1.165) is 54.2 Å². The molecule has 3 heterocycles. The first-order valence-electron chi connectivity index (χ1n) is 12.6. The normalized spacial score (nSPS) is 13.1. The Morgan fingerprint density at radius 3 is 2.33 bits per heavy atom. The fourth-order valence-corrected chi connectivity index (χ4v) is 5.43. The second-order valence-electron chi connectivity index (χ2n) is 9.64. The van der Waals surface area contributed by atoms with E-state index < -0.39 is 0 Å². The largest absolute Gasteiger partial charge is 0.486 e. The van der Waals surface area contributed by atoms with Gasteiger partial charge in [0.2, 0.25) is 5.78 Å². The summed E-state index contributed by atoms with van der Waals surface area (Å²) in [6, 6.07) is 26.0. The molecule has 1 aliphatic rings. The molecular formula is C31H29N3O2. The molecule has 0 atom stereocenters. The Morgan fingerprint density at radius 2 is 1.61 bits per heavy atom. The van der Waals surface area contributed by atoms with E-state index in [0.29, 0.717) is 17.9 Å². The van der Waals surface area contributed by atoms with Gasteiger partial charge in [0.05, 0.1) is 0 Å². The van der Waals surface area contributed by atoms with Crippen molar-refractivity contribution in [1.29, 1.82) is 0 Å². The molecule has 6 rings (SSSR count). The van der Waals surface area contributed by atoms with Crippen molar-refractivity contribution in [3.63, 3.8) is 0 Å². The number of hydrogen-bond donors (Lipinski definition) is 0. The summed E-state index contributed by atoms with van der Waals surface area (Å²) in [5.74, 6) is 1.67. The van der Waals surface area contributed by atoms with Gasteiger partial charge in [0.1, 0.15) is 23.7 Å². The Morgan fingerprint density at radius 1 is 0.917 bits per heavy atom. The van der Waals surface area contributed by atoms with E-state index in [2.05, 4.69) is 48.7 Å². The number of carbonyl (C=O) groups is 1.